The van der Waals surface area contributed by atoms with Gasteiger partial charge in [0, 0.05) is 30.2 Å². The zero-order chi connectivity index (χ0) is 20.2. The van der Waals surface area contributed by atoms with Crippen molar-refractivity contribution < 1.29 is 13.9 Å². The lowest BCUT2D eigenvalue weighted by Crippen LogP contribution is -2.16. The quantitative estimate of drug-likeness (QED) is 0.568. The summed E-state index contributed by atoms with van der Waals surface area (Å²) in [4.78, 5) is 15.6. The highest BCUT2D eigenvalue weighted by atomic mass is 32.2. The van der Waals surface area contributed by atoms with Crippen LogP contribution in [0.4, 0.5) is 9.52 Å². The topological polar surface area (TPSA) is 81.9 Å². The molecule has 1 saturated heterocycles. The molecule has 4 rings (SSSR count). The number of carbonyl (C=O) groups excluding carboxylic acids is 1. The molecule has 7 nitrogen and oxygen atoms in total. The van der Waals surface area contributed by atoms with E-state index in [0.29, 0.717) is 23.3 Å². The number of anilines is 1. The fraction of sp³-hybridized carbons (Fsp3) is 0.368. The molecule has 3 aromatic rings. The van der Waals surface area contributed by atoms with Crippen LogP contribution in [-0.4, -0.2) is 38.4 Å². The van der Waals surface area contributed by atoms with Crippen molar-refractivity contribution in [3.05, 3.63) is 41.2 Å². The van der Waals surface area contributed by atoms with Gasteiger partial charge >= 0.3 is 0 Å². The molecule has 1 aliphatic heterocycles. The van der Waals surface area contributed by atoms with E-state index in [9.17, 15) is 9.18 Å². The predicted molar refractivity (Wildman–Crippen MR) is 110 cm³/mol. The molecule has 1 atom stereocenters. The van der Waals surface area contributed by atoms with Gasteiger partial charge in [-0.25, -0.2) is 9.37 Å². The van der Waals surface area contributed by atoms with Crippen LogP contribution in [0.5, 0.6) is 0 Å². The van der Waals surface area contributed by atoms with Crippen LogP contribution in [0.2, 0.25) is 0 Å². The molecule has 0 spiro atoms. The molecule has 1 unspecified atom stereocenters. The average molecular weight is 434 g/mol. The first-order valence-electron chi connectivity index (χ1n) is 9.24. The summed E-state index contributed by atoms with van der Waals surface area (Å²) in [5, 5.41) is 14.7. The number of thiazole rings is 1. The molecule has 152 valence electrons. The molecule has 1 amide bonds. The maximum atomic E-state index is 13.3. The number of amides is 1. The van der Waals surface area contributed by atoms with Crippen LogP contribution in [0.3, 0.4) is 0 Å². The Labute approximate surface area is 175 Å². The van der Waals surface area contributed by atoms with E-state index in [1.807, 2.05) is 9.95 Å². The molecule has 2 aromatic heterocycles. The fourth-order valence-electron chi connectivity index (χ4n) is 3.08. The van der Waals surface area contributed by atoms with Gasteiger partial charge in [0.2, 0.25) is 5.91 Å². The molecule has 0 aliphatic carbocycles. The summed E-state index contributed by atoms with van der Waals surface area (Å²) in [6.07, 6.45) is 2.17. The van der Waals surface area contributed by atoms with E-state index in [-0.39, 0.29) is 17.8 Å². The lowest BCUT2D eigenvalue weighted by Gasteiger charge is -2.14. The average Bonchev–Trinajstić information content (AvgIpc) is 3.43. The molecule has 1 aliphatic rings. The Morgan fingerprint density at radius 3 is 2.93 bits per heavy atom. The molecule has 10 heteroatoms. The van der Waals surface area contributed by atoms with Crippen LogP contribution in [0.15, 0.2) is 34.8 Å². The monoisotopic (exact) mass is 433 g/mol. The van der Waals surface area contributed by atoms with Gasteiger partial charge in [-0.15, -0.1) is 21.5 Å². The van der Waals surface area contributed by atoms with Gasteiger partial charge < -0.3 is 10.1 Å². The largest absolute Gasteiger partial charge is 0.376 e. The molecule has 29 heavy (non-hydrogen) atoms. The Kier molecular flexibility index (Phi) is 6.22. The van der Waals surface area contributed by atoms with E-state index in [4.69, 9.17) is 4.74 Å². The highest BCUT2D eigenvalue weighted by Crippen LogP contribution is 2.29. The van der Waals surface area contributed by atoms with Crippen molar-refractivity contribution >= 4 is 34.1 Å². The van der Waals surface area contributed by atoms with E-state index < -0.39 is 0 Å². The van der Waals surface area contributed by atoms with Gasteiger partial charge in [0.1, 0.15) is 5.82 Å². The Morgan fingerprint density at radius 1 is 1.38 bits per heavy atom. The van der Waals surface area contributed by atoms with Crippen molar-refractivity contribution in [3.8, 4) is 11.4 Å². The van der Waals surface area contributed by atoms with Crippen LogP contribution in [0.25, 0.3) is 11.4 Å². The Morgan fingerprint density at radius 2 is 2.21 bits per heavy atom. The van der Waals surface area contributed by atoms with Crippen molar-refractivity contribution in [3.63, 3.8) is 0 Å². The number of aromatic nitrogens is 4. The lowest BCUT2D eigenvalue weighted by atomic mass is 10.2. The van der Waals surface area contributed by atoms with Gasteiger partial charge in [-0.2, -0.15) is 0 Å². The normalized spacial score (nSPS) is 16.3. The summed E-state index contributed by atoms with van der Waals surface area (Å²) in [6, 6.07) is 6.26. The number of nitrogens with one attached hydrogen (secondary N) is 1. The molecule has 1 fully saturated rings. The minimum Gasteiger partial charge on any atom is -0.376 e. The smallest absolute Gasteiger partial charge is 0.223 e. The van der Waals surface area contributed by atoms with Gasteiger partial charge in [0.05, 0.1) is 18.3 Å². The van der Waals surface area contributed by atoms with Crippen molar-refractivity contribution in [2.45, 2.75) is 43.3 Å². The van der Waals surface area contributed by atoms with Gasteiger partial charge in [-0.3, -0.25) is 9.36 Å². The second-order valence-corrected chi connectivity index (χ2v) is 8.47. The third kappa shape index (κ3) is 5.01. The number of thioether (sulfide) groups is 1. The third-order valence-electron chi connectivity index (χ3n) is 4.41. The summed E-state index contributed by atoms with van der Waals surface area (Å²) in [5.74, 6) is 0.870. The third-order valence-corrected chi connectivity index (χ3v) is 6.22. The maximum absolute atomic E-state index is 13.3. The molecule has 0 bridgehead atoms. The molecule has 1 aromatic carbocycles. The molecular formula is C19H20FN5O2S2. The van der Waals surface area contributed by atoms with Crippen molar-refractivity contribution in [1.82, 2.24) is 19.7 Å². The first kappa shape index (κ1) is 20.0. The second kappa shape index (κ2) is 9.02. The van der Waals surface area contributed by atoms with Gasteiger partial charge in [0.25, 0.3) is 0 Å². The van der Waals surface area contributed by atoms with Gasteiger partial charge in [0.15, 0.2) is 16.1 Å². The molecule has 3 heterocycles. The second-order valence-electron chi connectivity index (χ2n) is 6.67. The van der Waals surface area contributed by atoms with Crippen molar-refractivity contribution in [1.29, 1.82) is 0 Å². The molecule has 0 saturated carbocycles. The number of rotatable bonds is 7. The Balaban J connectivity index is 1.54. The van der Waals surface area contributed by atoms with Crippen LogP contribution >= 0.6 is 23.1 Å². The summed E-state index contributed by atoms with van der Waals surface area (Å²) >= 11 is 2.92. The Hall–Kier alpha value is -2.30. The highest BCUT2D eigenvalue weighted by molar-refractivity contribution is 7.98. The molecular weight excluding hydrogens is 413 g/mol. The van der Waals surface area contributed by atoms with Gasteiger partial charge in [-0.05, 0) is 37.1 Å². The summed E-state index contributed by atoms with van der Waals surface area (Å²) in [5.41, 5.74) is 1.67. The first-order valence-corrected chi connectivity index (χ1v) is 11.1. The van der Waals surface area contributed by atoms with Crippen LogP contribution in [0, 0.1) is 5.82 Å². The number of ether oxygens (including phenoxy) is 1. The maximum Gasteiger partial charge on any atom is 0.223 e. The van der Waals surface area contributed by atoms with E-state index in [0.717, 1.165) is 35.9 Å². The highest BCUT2D eigenvalue weighted by Gasteiger charge is 2.22. The zero-order valence-electron chi connectivity index (χ0n) is 15.8. The number of nitrogens with zero attached hydrogens (tertiary/aromatic N) is 4. The number of hydrogen-bond donors (Lipinski definition) is 1. The minimum absolute atomic E-state index is 0.121. The molecule has 1 N–H and O–H groups in total. The van der Waals surface area contributed by atoms with Crippen molar-refractivity contribution in [2.24, 2.45) is 0 Å². The standard InChI is InChI=1S/C19H20FN5O2S2/c1-12(26)21-18-22-15(10-28-18)11-29-19-24-23-17(13-4-6-14(20)7-5-13)25(19)9-16-3-2-8-27-16/h4-7,10,16H,2-3,8-9,11H2,1H3,(H,21,22,26). The van der Waals surface area contributed by atoms with E-state index in [1.165, 1.54) is 42.2 Å². The van der Waals surface area contributed by atoms with Crippen LogP contribution < -0.4 is 5.32 Å². The van der Waals surface area contributed by atoms with Crippen LogP contribution in [0.1, 0.15) is 25.5 Å². The van der Waals surface area contributed by atoms with Crippen molar-refractivity contribution in [2.75, 3.05) is 11.9 Å². The number of halogens is 1. The number of carbonyl (C=O) groups is 1. The summed E-state index contributed by atoms with van der Waals surface area (Å²) in [6.45, 7) is 2.88. The lowest BCUT2D eigenvalue weighted by molar-refractivity contribution is -0.114. The van der Waals surface area contributed by atoms with E-state index in [1.54, 1.807) is 12.1 Å². The summed E-state index contributed by atoms with van der Waals surface area (Å²) in [7, 11) is 0. The fourth-order valence-corrected chi connectivity index (χ4v) is 4.79. The SMILES string of the molecule is CC(=O)Nc1nc(CSc2nnc(-c3ccc(F)cc3)n2CC2CCCO2)cs1. The van der Waals surface area contributed by atoms with Crippen LogP contribution in [-0.2, 0) is 21.8 Å². The minimum atomic E-state index is -0.285. The number of hydrogen-bond acceptors (Lipinski definition) is 7. The summed E-state index contributed by atoms with van der Waals surface area (Å²) < 4.78 is 21.2. The Bertz CT molecular complexity index is 983. The predicted octanol–water partition coefficient (Wildman–Crippen LogP) is 3.97. The van der Waals surface area contributed by atoms with Gasteiger partial charge in [-0.1, -0.05) is 11.8 Å². The van der Waals surface area contributed by atoms with E-state index in [2.05, 4.69) is 20.5 Å². The van der Waals surface area contributed by atoms with E-state index >= 15 is 0 Å². The zero-order valence-corrected chi connectivity index (χ0v) is 17.4. The molecule has 0 radical (unpaired) electrons. The number of benzene rings is 1. The first-order chi connectivity index (χ1) is 14.1.